The Morgan fingerprint density at radius 1 is 1.00 bits per heavy atom. The van der Waals surface area contributed by atoms with E-state index in [-0.39, 0.29) is 24.4 Å². The number of carbonyl (C=O) groups excluding carboxylic acids is 2. The highest BCUT2D eigenvalue weighted by Gasteiger charge is 2.34. The number of ether oxygens (including phenoxy) is 1. The number of amides is 2. The zero-order chi connectivity index (χ0) is 24.6. The van der Waals surface area contributed by atoms with Gasteiger partial charge in [0.25, 0.3) is 5.91 Å². The van der Waals surface area contributed by atoms with Crippen molar-refractivity contribution in [3.8, 4) is 5.75 Å². The first-order valence-corrected chi connectivity index (χ1v) is 12.3. The second kappa shape index (κ2) is 11.6. The summed E-state index contributed by atoms with van der Waals surface area (Å²) in [6.07, 6.45) is 6.97. The topological polar surface area (TPSA) is 71.5 Å². The van der Waals surface area contributed by atoms with Crippen LogP contribution in [0.4, 0.5) is 0 Å². The second-order valence-electron chi connectivity index (χ2n) is 9.10. The third-order valence-corrected chi connectivity index (χ3v) is 6.65. The summed E-state index contributed by atoms with van der Waals surface area (Å²) in [6, 6.07) is 20.0. The lowest BCUT2D eigenvalue weighted by atomic mass is 9.93. The van der Waals surface area contributed by atoms with E-state index in [0.717, 1.165) is 48.1 Å². The Morgan fingerprint density at radius 2 is 1.71 bits per heavy atom. The number of methoxy groups -OCH3 is 1. The Kier molecular flexibility index (Phi) is 8.14. The predicted molar refractivity (Wildman–Crippen MR) is 136 cm³/mol. The first-order chi connectivity index (χ1) is 17.1. The molecule has 35 heavy (non-hydrogen) atoms. The largest absolute Gasteiger partial charge is 0.497 e. The van der Waals surface area contributed by atoms with Crippen molar-refractivity contribution >= 4 is 11.8 Å². The molecule has 1 saturated carbocycles. The molecule has 3 aromatic rings. The first kappa shape index (κ1) is 24.5. The highest BCUT2D eigenvalue weighted by atomic mass is 16.5. The van der Waals surface area contributed by atoms with E-state index in [4.69, 9.17) is 4.74 Å². The number of aryl methyl sites for hydroxylation is 1. The number of benzene rings is 2. The molecule has 1 atom stereocenters. The van der Waals surface area contributed by atoms with Crippen LogP contribution in [0.2, 0.25) is 0 Å². The molecule has 4 rings (SSSR count). The average molecular weight is 472 g/mol. The molecule has 2 amide bonds. The van der Waals surface area contributed by atoms with Crippen LogP contribution in [0.1, 0.15) is 65.3 Å². The van der Waals surface area contributed by atoms with Crippen LogP contribution >= 0.6 is 0 Å². The fourth-order valence-corrected chi connectivity index (χ4v) is 4.72. The quantitative estimate of drug-likeness (QED) is 0.488. The maximum absolute atomic E-state index is 13.9. The Morgan fingerprint density at radius 3 is 2.37 bits per heavy atom. The monoisotopic (exact) mass is 471 g/mol. The zero-order valence-electron chi connectivity index (χ0n) is 20.4. The van der Waals surface area contributed by atoms with E-state index in [9.17, 15) is 9.59 Å². The fraction of sp³-hybridized carbons (Fsp3) is 0.345. The Balaban J connectivity index is 1.74. The van der Waals surface area contributed by atoms with E-state index < -0.39 is 6.04 Å². The van der Waals surface area contributed by atoms with Gasteiger partial charge in [-0.3, -0.25) is 14.6 Å². The highest BCUT2D eigenvalue weighted by molar-refractivity contribution is 5.96. The van der Waals surface area contributed by atoms with Crippen LogP contribution in [-0.4, -0.2) is 34.8 Å². The Hall–Kier alpha value is -3.67. The SMILES string of the molecule is COc1ccc(CN(C(=O)c2ccccn2)[C@@H](C(=O)NC2CCCCC2)c2ccccc2C)cc1. The van der Waals surface area contributed by atoms with Crippen LogP contribution in [-0.2, 0) is 11.3 Å². The van der Waals surface area contributed by atoms with Gasteiger partial charge in [-0.05, 0) is 60.7 Å². The van der Waals surface area contributed by atoms with Crippen molar-refractivity contribution in [2.24, 2.45) is 0 Å². The molecule has 6 heteroatoms. The number of nitrogens with one attached hydrogen (secondary N) is 1. The maximum atomic E-state index is 13.9. The molecule has 1 aliphatic rings. The fourth-order valence-electron chi connectivity index (χ4n) is 4.72. The van der Waals surface area contributed by atoms with E-state index in [1.54, 1.807) is 36.4 Å². The highest BCUT2D eigenvalue weighted by Crippen LogP contribution is 2.29. The summed E-state index contributed by atoms with van der Waals surface area (Å²) in [5.41, 5.74) is 2.99. The van der Waals surface area contributed by atoms with Gasteiger partial charge in [0.15, 0.2) is 0 Å². The van der Waals surface area contributed by atoms with Crippen LogP contribution < -0.4 is 10.1 Å². The smallest absolute Gasteiger partial charge is 0.273 e. The molecule has 0 unspecified atom stereocenters. The van der Waals surface area contributed by atoms with Gasteiger partial charge in [-0.2, -0.15) is 0 Å². The zero-order valence-corrected chi connectivity index (χ0v) is 20.4. The molecule has 182 valence electrons. The summed E-state index contributed by atoms with van der Waals surface area (Å²) in [5.74, 6) is 0.305. The molecule has 0 spiro atoms. The van der Waals surface area contributed by atoms with Crippen LogP contribution in [0.5, 0.6) is 5.75 Å². The molecule has 1 aliphatic carbocycles. The van der Waals surface area contributed by atoms with Crippen molar-refractivity contribution in [1.82, 2.24) is 15.2 Å². The molecule has 0 saturated heterocycles. The third kappa shape index (κ3) is 6.07. The number of pyridine rings is 1. The molecule has 1 aromatic heterocycles. The molecule has 0 bridgehead atoms. The third-order valence-electron chi connectivity index (χ3n) is 6.65. The molecular formula is C29H33N3O3. The molecular weight excluding hydrogens is 438 g/mol. The van der Waals surface area contributed by atoms with Gasteiger partial charge in [0.1, 0.15) is 17.5 Å². The van der Waals surface area contributed by atoms with Gasteiger partial charge in [-0.1, -0.05) is 61.7 Å². The average Bonchev–Trinajstić information content (AvgIpc) is 2.90. The summed E-state index contributed by atoms with van der Waals surface area (Å²) >= 11 is 0. The lowest BCUT2D eigenvalue weighted by Gasteiger charge is -2.34. The Labute approximate surface area is 207 Å². The molecule has 0 radical (unpaired) electrons. The van der Waals surface area contributed by atoms with E-state index >= 15 is 0 Å². The van der Waals surface area contributed by atoms with Crippen LogP contribution in [0.15, 0.2) is 72.9 Å². The minimum absolute atomic E-state index is 0.135. The van der Waals surface area contributed by atoms with Crippen molar-refractivity contribution in [2.45, 2.75) is 57.7 Å². The molecule has 1 N–H and O–H groups in total. The number of hydrogen-bond donors (Lipinski definition) is 1. The molecule has 0 aliphatic heterocycles. The van der Waals surface area contributed by atoms with Crippen molar-refractivity contribution in [3.63, 3.8) is 0 Å². The minimum Gasteiger partial charge on any atom is -0.497 e. The summed E-state index contributed by atoms with van der Waals surface area (Å²) in [7, 11) is 1.62. The standard InChI is InChI=1S/C29H33N3O3/c1-21-10-6-7-13-25(21)27(28(33)31-23-11-4-3-5-12-23)32(29(34)26-14-8-9-19-30-26)20-22-15-17-24(35-2)18-16-22/h6-10,13-19,23,27H,3-5,11-12,20H2,1-2H3,(H,31,33)/t27-/m1/s1. The number of rotatable bonds is 8. The summed E-state index contributed by atoms with van der Waals surface area (Å²) in [5, 5.41) is 3.26. The van der Waals surface area contributed by atoms with Crippen molar-refractivity contribution < 1.29 is 14.3 Å². The van der Waals surface area contributed by atoms with Gasteiger partial charge < -0.3 is 15.0 Å². The normalized spacial score (nSPS) is 14.7. The van der Waals surface area contributed by atoms with E-state index in [2.05, 4.69) is 10.3 Å². The number of nitrogens with zero attached hydrogens (tertiary/aromatic N) is 2. The van der Waals surface area contributed by atoms with Crippen LogP contribution in [0.3, 0.4) is 0 Å². The second-order valence-corrected chi connectivity index (χ2v) is 9.10. The van der Waals surface area contributed by atoms with Crippen molar-refractivity contribution in [1.29, 1.82) is 0 Å². The van der Waals surface area contributed by atoms with Crippen molar-refractivity contribution in [3.05, 3.63) is 95.3 Å². The van der Waals surface area contributed by atoms with Gasteiger partial charge in [0.05, 0.1) is 7.11 Å². The lowest BCUT2D eigenvalue weighted by Crippen LogP contribution is -2.47. The van der Waals surface area contributed by atoms with Crippen LogP contribution in [0, 0.1) is 6.92 Å². The van der Waals surface area contributed by atoms with Gasteiger partial charge in [-0.15, -0.1) is 0 Å². The Bertz CT molecular complexity index is 1130. The van der Waals surface area contributed by atoms with Crippen molar-refractivity contribution in [2.75, 3.05) is 7.11 Å². The summed E-state index contributed by atoms with van der Waals surface area (Å²) in [4.78, 5) is 33.7. The molecule has 6 nitrogen and oxygen atoms in total. The number of hydrogen-bond acceptors (Lipinski definition) is 4. The predicted octanol–water partition coefficient (Wildman–Crippen LogP) is 5.23. The minimum atomic E-state index is -0.783. The van der Waals surface area contributed by atoms with E-state index in [1.807, 2.05) is 55.5 Å². The maximum Gasteiger partial charge on any atom is 0.273 e. The lowest BCUT2D eigenvalue weighted by molar-refractivity contribution is -0.127. The first-order valence-electron chi connectivity index (χ1n) is 12.3. The number of carbonyl (C=O) groups is 2. The molecule has 1 heterocycles. The number of aromatic nitrogens is 1. The summed E-state index contributed by atoms with van der Waals surface area (Å²) < 4.78 is 5.29. The molecule has 2 aromatic carbocycles. The van der Waals surface area contributed by atoms with E-state index in [1.165, 1.54) is 6.42 Å². The van der Waals surface area contributed by atoms with Gasteiger partial charge in [-0.25, -0.2) is 0 Å². The van der Waals surface area contributed by atoms with Gasteiger partial charge in [0, 0.05) is 18.8 Å². The summed E-state index contributed by atoms with van der Waals surface area (Å²) in [6.45, 7) is 2.24. The van der Waals surface area contributed by atoms with Gasteiger partial charge in [0.2, 0.25) is 5.91 Å². The molecule has 1 fully saturated rings. The van der Waals surface area contributed by atoms with Gasteiger partial charge >= 0.3 is 0 Å². The van der Waals surface area contributed by atoms with E-state index in [0.29, 0.717) is 5.69 Å². The van der Waals surface area contributed by atoms with Crippen LogP contribution in [0.25, 0.3) is 0 Å².